The summed E-state index contributed by atoms with van der Waals surface area (Å²) in [5, 5.41) is 14.4. The van der Waals surface area contributed by atoms with Crippen LogP contribution in [0, 0.1) is 17.0 Å². The summed E-state index contributed by atoms with van der Waals surface area (Å²) in [5.74, 6) is 1.21. The molecular formula is C13H17ClN2O2S. The van der Waals surface area contributed by atoms with Crippen molar-refractivity contribution in [3.8, 4) is 0 Å². The fraction of sp³-hybridized carbons (Fsp3) is 0.538. The maximum absolute atomic E-state index is 10.8. The summed E-state index contributed by atoms with van der Waals surface area (Å²) < 4.78 is 0.251. The molecule has 0 amide bonds. The SMILES string of the molecule is Cc1cc([N+](=O)[O-])c(Cl)cc1NCC1(C)CCCS1. The van der Waals surface area contributed by atoms with E-state index in [1.807, 2.05) is 18.7 Å². The van der Waals surface area contributed by atoms with Gasteiger partial charge < -0.3 is 5.32 Å². The van der Waals surface area contributed by atoms with Gasteiger partial charge in [0.2, 0.25) is 0 Å². The van der Waals surface area contributed by atoms with E-state index < -0.39 is 4.92 Å². The molecule has 1 aliphatic rings. The van der Waals surface area contributed by atoms with Gasteiger partial charge in [0.1, 0.15) is 5.02 Å². The van der Waals surface area contributed by atoms with E-state index in [9.17, 15) is 10.1 Å². The van der Waals surface area contributed by atoms with Gasteiger partial charge in [0.25, 0.3) is 5.69 Å². The topological polar surface area (TPSA) is 55.2 Å². The van der Waals surface area contributed by atoms with Gasteiger partial charge in [-0.3, -0.25) is 10.1 Å². The number of halogens is 1. The van der Waals surface area contributed by atoms with Crippen molar-refractivity contribution in [1.29, 1.82) is 0 Å². The van der Waals surface area contributed by atoms with E-state index in [1.54, 1.807) is 6.07 Å². The number of aryl methyl sites for hydroxylation is 1. The fourth-order valence-corrected chi connectivity index (χ4v) is 3.73. The first kappa shape index (κ1) is 14.5. The van der Waals surface area contributed by atoms with Gasteiger partial charge in [-0.05, 0) is 44.1 Å². The molecule has 1 aromatic carbocycles. The number of nitrogens with one attached hydrogen (secondary N) is 1. The van der Waals surface area contributed by atoms with Gasteiger partial charge in [-0.15, -0.1) is 0 Å². The highest BCUT2D eigenvalue weighted by Crippen LogP contribution is 2.38. The minimum absolute atomic E-state index is 0.0360. The van der Waals surface area contributed by atoms with Crippen LogP contribution in [0.5, 0.6) is 0 Å². The second-order valence-electron chi connectivity index (χ2n) is 5.13. The molecule has 1 aliphatic heterocycles. The monoisotopic (exact) mass is 300 g/mol. The standard InChI is InChI=1S/C13H17ClN2O2S/c1-9-6-12(16(17)18)10(14)7-11(9)15-8-13(2)4-3-5-19-13/h6-7,15H,3-5,8H2,1-2H3. The number of benzene rings is 1. The summed E-state index contributed by atoms with van der Waals surface area (Å²) >= 11 is 7.92. The summed E-state index contributed by atoms with van der Waals surface area (Å²) in [6.45, 7) is 4.96. The Morgan fingerprint density at radius 3 is 2.89 bits per heavy atom. The van der Waals surface area contributed by atoms with Crippen LogP contribution in [0.3, 0.4) is 0 Å². The number of nitrogens with zero attached hydrogens (tertiary/aromatic N) is 1. The molecule has 0 saturated carbocycles. The van der Waals surface area contributed by atoms with Gasteiger partial charge in [-0.2, -0.15) is 11.8 Å². The van der Waals surface area contributed by atoms with Crippen molar-refractivity contribution in [3.05, 3.63) is 32.8 Å². The zero-order valence-corrected chi connectivity index (χ0v) is 12.6. The van der Waals surface area contributed by atoms with Crippen LogP contribution < -0.4 is 5.32 Å². The molecule has 1 N–H and O–H groups in total. The number of anilines is 1. The van der Waals surface area contributed by atoms with Crippen molar-refractivity contribution in [2.24, 2.45) is 0 Å². The molecule has 2 rings (SSSR count). The van der Waals surface area contributed by atoms with Gasteiger partial charge in [-0.25, -0.2) is 0 Å². The molecule has 0 spiro atoms. The Bertz CT molecular complexity index is 502. The summed E-state index contributed by atoms with van der Waals surface area (Å²) in [6.07, 6.45) is 2.45. The molecule has 0 aliphatic carbocycles. The van der Waals surface area contributed by atoms with E-state index >= 15 is 0 Å². The van der Waals surface area contributed by atoms with E-state index in [4.69, 9.17) is 11.6 Å². The van der Waals surface area contributed by atoms with Crippen molar-refractivity contribution in [2.75, 3.05) is 17.6 Å². The first-order valence-corrected chi connectivity index (χ1v) is 7.60. The van der Waals surface area contributed by atoms with Crippen LogP contribution in [0.25, 0.3) is 0 Å². The Morgan fingerprint density at radius 2 is 2.32 bits per heavy atom. The number of nitro groups is 1. The number of thioether (sulfide) groups is 1. The summed E-state index contributed by atoms with van der Waals surface area (Å²) in [7, 11) is 0. The minimum atomic E-state index is -0.451. The average Bonchev–Trinajstić information content (AvgIpc) is 2.77. The number of hydrogen-bond acceptors (Lipinski definition) is 4. The first-order chi connectivity index (χ1) is 8.91. The molecular weight excluding hydrogens is 284 g/mol. The van der Waals surface area contributed by atoms with Gasteiger partial charge >= 0.3 is 0 Å². The molecule has 0 aromatic heterocycles. The highest BCUT2D eigenvalue weighted by Gasteiger charge is 2.29. The summed E-state index contributed by atoms with van der Waals surface area (Å²) in [6, 6.07) is 3.17. The fourth-order valence-electron chi connectivity index (χ4n) is 2.26. The number of rotatable bonds is 4. The molecule has 4 nitrogen and oxygen atoms in total. The highest BCUT2D eigenvalue weighted by molar-refractivity contribution is 8.00. The average molecular weight is 301 g/mol. The van der Waals surface area contributed by atoms with Crippen LogP contribution in [0.15, 0.2) is 12.1 Å². The van der Waals surface area contributed by atoms with E-state index in [2.05, 4.69) is 12.2 Å². The molecule has 1 saturated heterocycles. The second kappa shape index (κ2) is 5.59. The third kappa shape index (κ3) is 3.34. The molecule has 1 aromatic rings. The Kier molecular flexibility index (Phi) is 4.26. The maximum Gasteiger partial charge on any atom is 0.288 e. The van der Waals surface area contributed by atoms with E-state index in [1.165, 1.54) is 24.7 Å². The van der Waals surface area contributed by atoms with Crippen LogP contribution in [-0.4, -0.2) is 22.0 Å². The van der Waals surface area contributed by atoms with Gasteiger partial charge in [-0.1, -0.05) is 11.6 Å². The summed E-state index contributed by atoms with van der Waals surface area (Å²) in [4.78, 5) is 10.3. The zero-order valence-electron chi connectivity index (χ0n) is 11.0. The Labute approximate surface area is 122 Å². The molecule has 1 fully saturated rings. The lowest BCUT2D eigenvalue weighted by molar-refractivity contribution is -0.384. The van der Waals surface area contributed by atoms with Crippen molar-refractivity contribution < 1.29 is 4.92 Å². The normalized spacial score (nSPS) is 22.5. The molecule has 0 radical (unpaired) electrons. The van der Waals surface area contributed by atoms with Gasteiger partial charge in [0, 0.05) is 23.0 Å². The van der Waals surface area contributed by atoms with Gasteiger partial charge in [0.05, 0.1) is 4.92 Å². The molecule has 6 heteroatoms. The van der Waals surface area contributed by atoms with Gasteiger partial charge in [0.15, 0.2) is 0 Å². The Balaban J connectivity index is 2.13. The smallest absolute Gasteiger partial charge is 0.288 e. The highest BCUT2D eigenvalue weighted by atomic mass is 35.5. The largest absolute Gasteiger partial charge is 0.383 e. The molecule has 0 bridgehead atoms. The predicted molar refractivity (Wildman–Crippen MR) is 81.4 cm³/mol. The van der Waals surface area contributed by atoms with Crippen molar-refractivity contribution >= 4 is 34.7 Å². The van der Waals surface area contributed by atoms with Crippen LogP contribution in [0.4, 0.5) is 11.4 Å². The zero-order chi connectivity index (χ0) is 14.0. The van der Waals surface area contributed by atoms with Crippen molar-refractivity contribution in [3.63, 3.8) is 0 Å². The molecule has 1 heterocycles. The lowest BCUT2D eigenvalue weighted by Gasteiger charge is -2.24. The summed E-state index contributed by atoms with van der Waals surface area (Å²) in [5.41, 5.74) is 1.69. The third-order valence-corrected chi connectivity index (χ3v) is 5.28. The lowest BCUT2D eigenvalue weighted by Crippen LogP contribution is -2.27. The predicted octanol–water partition coefficient (Wildman–Crippen LogP) is 4.25. The Hall–Kier alpha value is -0.940. The van der Waals surface area contributed by atoms with Crippen molar-refractivity contribution in [2.45, 2.75) is 31.4 Å². The second-order valence-corrected chi connectivity index (χ2v) is 7.22. The van der Waals surface area contributed by atoms with E-state index in [0.29, 0.717) is 0 Å². The minimum Gasteiger partial charge on any atom is -0.383 e. The molecule has 1 atom stereocenters. The van der Waals surface area contributed by atoms with Crippen LogP contribution in [-0.2, 0) is 0 Å². The molecule has 104 valence electrons. The van der Waals surface area contributed by atoms with Crippen LogP contribution in [0.1, 0.15) is 25.3 Å². The van der Waals surface area contributed by atoms with E-state index in [-0.39, 0.29) is 15.5 Å². The lowest BCUT2D eigenvalue weighted by atomic mass is 10.1. The van der Waals surface area contributed by atoms with Crippen LogP contribution in [0.2, 0.25) is 5.02 Å². The Morgan fingerprint density at radius 1 is 1.58 bits per heavy atom. The van der Waals surface area contributed by atoms with Crippen molar-refractivity contribution in [1.82, 2.24) is 0 Å². The maximum atomic E-state index is 10.8. The van der Waals surface area contributed by atoms with Crippen LogP contribution >= 0.6 is 23.4 Å². The third-order valence-electron chi connectivity index (χ3n) is 3.44. The number of nitro benzene ring substituents is 1. The molecule has 19 heavy (non-hydrogen) atoms. The molecule has 1 unspecified atom stereocenters. The quantitative estimate of drug-likeness (QED) is 0.667. The first-order valence-electron chi connectivity index (χ1n) is 6.24. The number of hydrogen-bond donors (Lipinski definition) is 1. The van der Waals surface area contributed by atoms with E-state index in [0.717, 1.165) is 17.8 Å².